The minimum atomic E-state index is 0.131. The molecule has 0 aromatic carbocycles. The Morgan fingerprint density at radius 3 is 3.00 bits per heavy atom. The Morgan fingerprint density at radius 2 is 2.35 bits per heavy atom. The smallest absolute Gasteiger partial charge is 0.320 e. The van der Waals surface area contributed by atoms with E-state index in [0.29, 0.717) is 12.5 Å². The molecule has 1 unspecified atom stereocenters. The summed E-state index contributed by atoms with van der Waals surface area (Å²) >= 11 is 0. The predicted octanol–water partition coefficient (Wildman–Crippen LogP) is 0.390. The third-order valence-electron chi connectivity index (χ3n) is 4.24. The van der Waals surface area contributed by atoms with Crippen LogP contribution in [0.25, 0.3) is 0 Å². The highest BCUT2D eigenvalue weighted by molar-refractivity contribution is 5.77. The third kappa shape index (κ3) is 1.87. The van der Waals surface area contributed by atoms with Gasteiger partial charge >= 0.3 is 6.03 Å². The van der Waals surface area contributed by atoms with Crippen molar-refractivity contribution in [3.8, 4) is 6.07 Å². The number of hydrogen-bond donors (Lipinski definition) is 1. The standard InChI is InChI=1S/C12H18N4O/c13-4-3-12(1-2-12)9-15-8-10-7-14-5-6-16(10)11(15)17/h10,14H,1-3,5-9H2. The van der Waals surface area contributed by atoms with Gasteiger partial charge in [-0.25, -0.2) is 4.79 Å². The summed E-state index contributed by atoms with van der Waals surface area (Å²) in [5.41, 5.74) is 0.131. The van der Waals surface area contributed by atoms with Crippen LogP contribution in [0.5, 0.6) is 0 Å². The van der Waals surface area contributed by atoms with Gasteiger partial charge in [0.15, 0.2) is 0 Å². The lowest BCUT2D eigenvalue weighted by Gasteiger charge is -2.28. The maximum atomic E-state index is 12.2. The van der Waals surface area contributed by atoms with Crippen molar-refractivity contribution < 1.29 is 4.79 Å². The lowest BCUT2D eigenvalue weighted by Crippen LogP contribution is -2.49. The first kappa shape index (κ1) is 10.8. The maximum absolute atomic E-state index is 12.2. The second-order valence-electron chi connectivity index (χ2n) is 5.55. The summed E-state index contributed by atoms with van der Waals surface area (Å²) in [6, 6.07) is 2.78. The highest BCUT2D eigenvalue weighted by Gasteiger charge is 2.48. The van der Waals surface area contributed by atoms with E-state index in [9.17, 15) is 4.79 Å². The number of rotatable bonds is 3. The van der Waals surface area contributed by atoms with Crippen molar-refractivity contribution in [2.24, 2.45) is 5.41 Å². The van der Waals surface area contributed by atoms with Crippen LogP contribution in [-0.4, -0.2) is 54.6 Å². The summed E-state index contributed by atoms with van der Waals surface area (Å²) < 4.78 is 0. The summed E-state index contributed by atoms with van der Waals surface area (Å²) in [6.07, 6.45) is 2.81. The summed E-state index contributed by atoms with van der Waals surface area (Å²) in [5, 5.41) is 12.1. The van der Waals surface area contributed by atoms with Crippen LogP contribution in [-0.2, 0) is 0 Å². The van der Waals surface area contributed by atoms with Gasteiger partial charge in [-0.2, -0.15) is 5.26 Å². The lowest BCUT2D eigenvalue weighted by molar-refractivity contribution is 0.174. The van der Waals surface area contributed by atoms with Crippen LogP contribution in [0.15, 0.2) is 0 Å². The zero-order valence-electron chi connectivity index (χ0n) is 9.98. The normalized spacial score (nSPS) is 30.1. The van der Waals surface area contributed by atoms with Crippen LogP contribution in [0.4, 0.5) is 4.79 Å². The quantitative estimate of drug-likeness (QED) is 0.768. The molecule has 92 valence electrons. The molecule has 0 aromatic heterocycles. The summed E-state index contributed by atoms with van der Waals surface area (Å²) in [4.78, 5) is 16.1. The van der Waals surface area contributed by atoms with Crippen LogP contribution in [0.1, 0.15) is 19.3 Å². The first-order valence-electron chi connectivity index (χ1n) is 6.37. The van der Waals surface area contributed by atoms with E-state index in [-0.39, 0.29) is 11.4 Å². The zero-order chi connectivity index (χ0) is 11.9. The molecule has 1 N–H and O–H groups in total. The number of nitrogens with one attached hydrogen (secondary N) is 1. The number of amides is 2. The molecule has 0 spiro atoms. The number of carbonyl (C=O) groups is 1. The largest absolute Gasteiger partial charge is 0.322 e. The molecular formula is C12H18N4O. The van der Waals surface area contributed by atoms with Gasteiger partial charge in [-0.1, -0.05) is 0 Å². The van der Waals surface area contributed by atoms with E-state index in [1.54, 1.807) is 0 Å². The van der Waals surface area contributed by atoms with Crippen LogP contribution < -0.4 is 5.32 Å². The van der Waals surface area contributed by atoms with Crippen molar-refractivity contribution in [1.29, 1.82) is 5.26 Å². The van der Waals surface area contributed by atoms with Gasteiger partial charge in [-0.3, -0.25) is 0 Å². The Labute approximate surface area is 101 Å². The minimum Gasteiger partial charge on any atom is -0.322 e. The molecule has 0 bridgehead atoms. The number of fused-ring (bicyclic) bond motifs is 1. The zero-order valence-corrected chi connectivity index (χ0v) is 9.98. The summed E-state index contributed by atoms with van der Waals surface area (Å²) in [7, 11) is 0. The van der Waals surface area contributed by atoms with Crippen molar-refractivity contribution in [2.45, 2.75) is 25.3 Å². The van der Waals surface area contributed by atoms with Gasteiger partial charge in [0.25, 0.3) is 0 Å². The first-order valence-corrected chi connectivity index (χ1v) is 6.37. The van der Waals surface area contributed by atoms with Gasteiger partial charge in [0.1, 0.15) is 0 Å². The molecule has 0 radical (unpaired) electrons. The molecule has 3 aliphatic rings. The molecule has 1 aliphatic carbocycles. The van der Waals surface area contributed by atoms with E-state index in [1.807, 2.05) is 9.80 Å². The molecule has 17 heavy (non-hydrogen) atoms. The topological polar surface area (TPSA) is 59.4 Å². The number of urea groups is 1. The van der Waals surface area contributed by atoms with Crippen molar-refractivity contribution in [3.05, 3.63) is 0 Å². The third-order valence-corrected chi connectivity index (χ3v) is 4.24. The predicted molar refractivity (Wildman–Crippen MR) is 62.2 cm³/mol. The molecule has 5 heteroatoms. The van der Waals surface area contributed by atoms with Gasteiger partial charge in [-0.15, -0.1) is 0 Å². The summed E-state index contributed by atoms with van der Waals surface area (Å²) in [5.74, 6) is 0. The Bertz CT molecular complexity index is 371. The highest BCUT2D eigenvalue weighted by atomic mass is 16.2. The first-order chi connectivity index (χ1) is 8.24. The van der Waals surface area contributed by atoms with E-state index >= 15 is 0 Å². The van der Waals surface area contributed by atoms with Gasteiger partial charge in [0.2, 0.25) is 0 Å². The van der Waals surface area contributed by atoms with E-state index < -0.39 is 0 Å². The van der Waals surface area contributed by atoms with Gasteiger partial charge in [0, 0.05) is 44.6 Å². The van der Waals surface area contributed by atoms with Gasteiger partial charge < -0.3 is 15.1 Å². The fourth-order valence-corrected chi connectivity index (χ4v) is 2.96. The molecule has 0 aromatic rings. The minimum absolute atomic E-state index is 0.131. The molecule has 2 amide bonds. The van der Waals surface area contributed by atoms with Crippen molar-refractivity contribution >= 4 is 6.03 Å². The van der Waals surface area contributed by atoms with E-state index in [2.05, 4.69) is 11.4 Å². The van der Waals surface area contributed by atoms with Gasteiger partial charge in [-0.05, 0) is 12.8 Å². The van der Waals surface area contributed by atoms with Crippen LogP contribution >= 0.6 is 0 Å². The molecule has 3 fully saturated rings. The van der Waals surface area contributed by atoms with E-state index in [0.717, 1.165) is 45.6 Å². The van der Waals surface area contributed by atoms with E-state index in [1.165, 1.54) is 0 Å². The average Bonchev–Trinajstić information content (AvgIpc) is 3.01. The number of hydrogen-bond acceptors (Lipinski definition) is 3. The molecule has 2 heterocycles. The molecule has 3 rings (SSSR count). The Kier molecular flexibility index (Phi) is 2.48. The lowest BCUT2D eigenvalue weighted by atomic mass is 10.0. The number of piperazine rings is 1. The molecule has 2 aliphatic heterocycles. The SMILES string of the molecule is N#CCC1(CN2CC3CNCCN3C2=O)CC1. The van der Waals surface area contributed by atoms with Crippen molar-refractivity contribution in [2.75, 3.05) is 32.7 Å². The Morgan fingerprint density at radius 1 is 1.53 bits per heavy atom. The molecule has 1 atom stereocenters. The fraction of sp³-hybridized carbons (Fsp3) is 0.833. The number of carbonyl (C=O) groups excluding carboxylic acids is 1. The summed E-state index contributed by atoms with van der Waals surface area (Å²) in [6.45, 7) is 4.25. The van der Waals surface area contributed by atoms with Gasteiger partial charge in [0.05, 0.1) is 12.1 Å². The van der Waals surface area contributed by atoms with Crippen molar-refractivity contribution in [3.63, 3.8) is 0 Å². The molecule has 5 nitrogen and oxygen atoms in total. The van der Waals surface area contributed by atoms with Crippen LogP contribution in [0, 0.1) is 16.7 Å². The second kappa shape index (κ2) is 3.88. The number of nitriles is 1. The average molecular weight is 234 g/mol. The van der Waals surface area contributed by atoms with Crippen LogP contribution in [0.3, 0.4) is 0 Å². The van der Waals surface area contributed by atoms with Crippen molar-refractivity contribution in [1.82, 2.24) is 15.1 Å². The molecular weight excluding hydrogens is 216 g/mol. The Hall–Kier alpha value is -1.28. The molecule has 2 saturated heterocycles. The Balaban J connectivity index is 1.65. The molecule has 1 saturated carbocycles. The second-order valence-corrected chi connectivity index (χ2v) is 5.55. The van der Waals surface area contributed by atoms with E-state index in [4.69, 9.17) is 5.26 Å². The highest BCUT2D eigenvalue weighted by Crippen LogP contribution is 2.49. The monoisotopic (exact) mass is 234 g/mol. The number of nitrogens with zero attached hydrogens (tertiary/aromatic N) is 3. The van der Waals surface area contributed by atoms with Crippen LogP contribution in [0.2, 0.25) is 0 Å². The maximum Gasteiger partial charge on any atom is 0.320 e. The fourth-order valence-electron chi connectivity index (χ4n) is 2.96.